The van der Waals surface area contributed by atoms with Crippen LogP contribution in [-0.2, 0) is 14.8 Å². The highest BCUT2D eigenvalue weighted by Crippen LogP contribution is 2.24. The first kappa shape index (κ1) is 16.8. The normalized spacial score (nSPS) is 12.9. The zero-order valence-electron chi connectivity index (χ0n) is 11.0. The number of aliphatic hydroxyl groups excluding tert-OH is 1. The molecule has 0 aliphatic carbocycles. The molecule has 2 N–H and O–H groups in total. The average Bonchev–Trinajstić information content (AvgIpc) is 2.32. The van der Waals surface area contributed by atoms with Crippen molar-refractivity contribution in [1.29, 1.82) is 0 Å². The minimum absolute atomic E-state index is 0.000586. The number of ether oxygens (including phenoxy) is 1. The Morgan fingerprint density at radius 3 is 2.29 bits per heavy atom. The number of hydrogen-bond donors (Lipinski definition) is 2. The predicted molar refractivity (Wildman–Crippen MR) is 68.4 cm³/mol. The van der Waals surface area contributed by atoms with Gasteiger partial charge in [0, 0.05) is 32.3 Å². The van der Waals surface area contributed by atoms with Gasteiger partial charge in [-0.3, -0.25) is 0 Å². The van der Waals surface area contributed by atoms with Gasteiger partial charge in [-0.1, -0.05) is 13.8 Å². The van der Waals surface area contributed by atoms with E-state index in [2.05, 4.69) is 4.72 Å². The zero-order chi connectivity index (χ0) is 13.4. The van der Waals surface area contributed by atoms with Gasteiger partial charge in [-0.15, -0.1) is 0 Å². The number of aliphatic hydroxyl groups is 1. The zero-order valence-corrected chi connectivity index (χ0v) is 11.8. The van der Waals surface area contributed by atoms with Crippen LogP contribution < -0.4 is 4.72 Å². The van der Waals surface area contributed by atoms with Crippen LogP contribution in [0.15, 0.2) is 0 Å². The van der Waals surface area contributed by atoms with E-state index in [1.165, 1.54) is 0 Å². The molecule has 0 heterocycles. The topological polar surface area (TPSA) is 75.6 Å². The Bertz CT molecular complexity index is 278. The second kappa shape index (κ2) is 8.02. The molecule has 0 fully saturated rings. The van der Waals surface area contributed by atoms with Gasteiger partial charge >= 0.3 is 0 Å². The van der Waals surface area contributed by atoms with E-state index in [9.17, 15) is 13.5 Å². The third-order valence-electron chi connectivity index (χ3n) is 3.26. The first-order valence-electron chi connectivity index (χ1n) is 6.02. The molecule has 17 heavy (non-hydrogen) atoms. The van der Waals surface area contributed by atoms with Crippen molar-refractivity contribution in [2.75, 3.05) is 32.6 Å². The maximum atomic E-state index is 11.7. The van der Waals surface area contributed by atoms with Crippen LogP contribution in [0.1, 0.15) is 33.1 Å². The summed E-state index contributed by atoms with van der Waals surface area (Å²) >= 11 is 0. The number of methoxy groups -OCH3 is 1. The smallest absolute Gasteiger partial charge is 0.211 e. The van der Waals surface area contributed by atoms with Crippen molar-refractivity contribution in [1.82, 2.24) is 4.72 Å². The highest BCUT2D eigenvalue weighted by Gasteiger charge is 2.27. The molecule has 0 aliphatic heterocycles. The van der Waals surface area contributed by atoms with Gasteiger partial charge < -0.3 is 9.84 Å². The first-order valence-corrected chi connectivity index (χ1v) is 7.67. The summed E-state index contributed by atoms with van der Waals surface area (Å²) in [5.74, 6) is 0.0653. The summed E-state index contributed by atoms with van der Waals surface area (Å²) in [5, 5.41) is 9.33. The van der Waals surface area contributed by atoms with E-state index >= 15 is 0 Å². The molecular formula is C11H25NO4S. The monoisotopic (exact) mass is 267 g/mol. The molecule has 0 radical (unpaired) electrons. The van der Waals surface area contributed by atoms with E-state index < -0.39 is 10.0 Å². The van der Waals surface area contributed by atoms with Crippen molar-refractivity contribution in [2.24, 2.45) is 5.41 Å². The Morgan fingerprint density at radius 2 is 1.88 bits per heavy atom. The molecule has 0 aromatic carbocycles. The molecule has 0 rings (SSSR count). The molecule has 0 aromatic heterocycles. The second-order valence-corrected chi connectivity index (χ2v) is 6.28. The maximum Gasteiger partial charge on any atom is 0.211 e. The fourth-order valence-corrected chi connectivity index (χ4v) is 2.68. The van der Waals surface area contributed by atoms with Crippen molar-refractivity contribution in [2.45, 2.75) is 33.1 Å². The summed E-state index contributed by atoms with van der Waals surface area (Å²) in [6.07, 6.45) is 1.98. The second-order valence-electron chi connectivity index (χ2n) is 4.35. The summed E-state index contributed by atoms with van der Waals surface area (Å²) in [6.45, 7) is 4.65. The lowest BCUT2D eigenvalue weighted by molar-refractivity contribution is 0.119. The van der Waals surface area contributed by atoms with Crippen LogP contribution in [0.3, 0.4) is 0 Å². The minimum atomic E-state index is -3.26. The van der Waals surface area contributed by atoms with Gasteiger partial charge in [0.25, 0.3) is 0 Å². The van der Waals surface area contributed by atoms with Crippen molar-refractivity contribution < 1.29 is 18.3 Å². The maximum absolute atomic E-state index is 11.7. The van der Waals surface area contributed by atoms with Crippen molar-refractivity contribution in [3.8, 4) is 0 Å². The van der Waals surface area contributed by atoms with Crippen LogP contribution in [-0.4, -0.2) is 46.1 Å². The Hall–Kier alpha value is -0.170. The third kappa shape index (κ3) is 6.35. The standard InChI is InChI=1S/C11H25NO4S/c1-4-11(5-2,10-13)9-12-17(14,15)8-6-7-16-3/h12-13H,4-10H2,1-3H3. The fraction of sp³-hybridized carbons (Fsp3) is 1.00. The number of nitrogens with one attached hydrogen (secondary N) is 1. The van der Waals surface area contributed by atoms with Crippen LogP contribution in [0, 0.1) is 5.41 Å². The molecule has 6 heteroatoms. The largest absolute Gasteiger partial charge is 0.396 e. The molecule has 0 saturated carbocycles. The van der Waals surface area contributed by atoms with Gasteiger partial charge in [0.05, 0.1) is 5.75 Å². The Kier molecular flexibility index (Phi) is 7.94. The van der Waals surface area contributed by atoms with Gasteiger partial charge in [0.1, 0.15) is 0 Å². The van der Waals surface area contributed by atoms with Crippen molar-refractivity contribution in [3.05, 3.63) is 0 Å². The summed E-state index contributed by atoms with van der Waals surface area (Å²) < 4.78 is 30.7. The minimum Gasteiger partial charge on any atom is -0.396 e. The van der Waals surface area contributed by atoms with Crippen LogP contribution in [0.4, 0.5) is 0 Å². The predicted octanol–water partition coefficient (Wildman–Crippen LogP) is 0.741. The van der Waals surface area contributed by atoms with Gasteiger partial charge in [0.2, 0.25) is 10.0 Å². The van der Waals surface area contributed by atoms with Crippen molar-refractivity contribution >= 4 is 10.0 Å². The highest BCUT2D eigenvalue weighted by atomic mass is 32.2. The van der Waals surface area contributed by atoms with Crippen LogP contribution in [0.5, 0.6) is 0 Å². The summed E-state index contributed by atoms with van der Waals surface area (Å²) in [6, 6.07) is 0. The van der Waals surface area contributed by atoms with E-state index in [4.69, 9.17) is 4.74 Å². The summed E-state index contributed by atoms with van der Waals surface area (Å²) in [5.41, 5.74) is -0.339. The van der Waals surface area contributed by atoms with Gasteiger partial charge in [-0.05, 0) is 19.3 Å². The Balaban J connectivity index is 4.24. The SMILES string of the molecule is CCC(CC)(CO)CNS(=O)(=O)CCCOC. The molecule has 0 saturated heterocycles. The Labute approximate surface area is 105 Å². The summed E-state index contributed by atoms with van der Waals surface area (Å²) in [4.78, 5) is 0. The molecule has 104 valence electrons. The van der Waals surface area contributed by atoms with E-state index in [0.717, 1.165) is 12.8 Å². The molecular weight excluding hydrogens is 242 g/mol. The molecule has 0 spiro atoms. The molecule has 0 bridgehead atoms. The van der Waals surface area contributed by atoms with Gasteiger partial charge in [-0.2, -0.15) is 0 Å². The molecule has 0 aliphatic rings. The van der Waals surface area contributed by atoms with Gasteiger partial charge in [0.15, 0.2) is 0 Å². The number of sulfonamides is 1. The lowest BCUT2D eigenvalue weighted by atomic mass is 9.84. The molecule has 0 aromatic rings. The van der Waals surface area contributed by atoms with Crippen molar-refractivity contribution in [3.63, 3.8) is 0 Å². The van der Waals surface area contributed by atoms with E-state index in [0.29, 0.717) is 19.6 Å². The number of hydrogen-bond acceptors (Lipinski definition) is 4. The molecule has 0 amide bonds. The third-order valence-corrected chi connectivity index (χ3v) is 4.67. The van der Waals surface area contributed by atoms with Crippen LogP contribution in [0.2, 0.25) is 0 Å². The lowest BCUT2D eigenvalue weighted by Gasteiger charge is -2.29. The first-order chi connectivity index (χ1) is 7.95. The highest BCUT2D eigenvalue weighted by molar-refractivity contribution is 7.89. The molecule has 0 unspecified atom stereocenters. The van der Waals surface area contributed by atoms with E-state index in [1.807, 2.05) is 13.8 Å². The lowest BCUT2D eigenvalue weighted by Crippen LogP contribution is -2.40. The molecule has 0 atom stereocenters. The summed E-state index contributed by atoms with van der Waals surface area (Å²) in [7, 11) is -1.71. The van der Waals surface area contributed by atoms with E-state index in [1.54, 1.807) is 7.11 Å². The Morgan fingerprint density at radius 1 is 1.29 bits per heavy atom. The van der Waals surface area contributed by atoms with Crippen LogP contribution >= 0.6 is 0 Å². The molecule has 5 nitrogen and oxygen atoms in total. The van der Waals surface area contributed by atoms with Crippen LogP contribution in [0.25, 0.3) is 0 Å². The quantitative estimate of drug-likeness (QED) is 0.572. The fourth-order valence-electron chi connectivity index (χ4n) is 1.51. The average molecular weight is 267 g/mol. The van der Waals surface area contributed by atoms with E-state index in [-0.39, 0.29) is 17.8 Å². The number of rotatable bonds is 10. The van der Waals surface area contributed by atoms with Gasteiger partial charge in [-0.25, -0.2) is 13.1 Å².